The highest BCUT2D eigenvalue weighted by atomic mass is 16.7. The number of fused-ring (bicyclic) bond motifs is 5. The lowest BCUT2D eigenvalue weighted by molar-refractivity contribution is -0.218. The zero-order valence-corrected chi connectivity index (χ0v) is 17.7. The highest BCUT2D eigenvalue weighted by molar-refractivity contribution is 5.11. The Morgan fingerprint density at radius 1 is 0.815 bits per heavy atom. The molecule has 0 radical (unpaired) electrons. The molecule has 1 heterocycles. The van der Waals surface area contributed by atoms with Crippen LogP contribution in [0.15, 0.2) is 0 Å². The Labute approximate surface area is 165 Å². The van der Waals surface area contributed by atoms with Gasteiger partial charge < -0.3 is 14.6 Å². The molecule has 0 bridgehead atoms. The van der Waals surface area contributed by atoms with Gasteiger partial charge in [0.2, 0.25) is 0 Å². The second-order valence-electron chi connectivity index (χ2n) is 11.4. The van der Waals surface area contributed by atoms with Crippen molar-refractivity contribution >= 4 is 0 Å². The fourth-order valence-electron chi connectivity index (χ4n) is 9.11. The minimum atomic E-state index is -0.337. The molecule has 0 spiro atoms. The summed E-state index contributed by atoms with van der Waals surface area (Å²) >= 11 is 0. The van der Waals surface area contributed by atoms with Crippen molar-refractivity contribution in [2.45, 2.75) is 84.3 Å². The average molecular weight is 377 g/mol. The molecule has 3 nitrogen and oxygen atoms in total. The monoisotopic (exact) mass is 376 g/mol. The SMILES string of the molecule is CC1(C2CCC3C4CCC5CC(CO)CC[C@]5(C)C4CC[C@@]32C)OCCO1. The van der Waals surface area contributed by atoms with Crippen LogP contribution in [0.4, 0.5) is 0 Å². The molecule has 0 amide bonds. The summed E-state index contributed by atoms with van der Waals surface area (Å²) in [6.07, 6.45) is 12.1. The number of rotatable bonds is 2. The summed E-state index contributed by atoms with van der Waals surface area (Å²) in [5.74, 6) is 4.33. The quantitative estimate of drug-likeness (QED) is 0.736. The van der Waals surface area contributed by atoms with Gasteiger partial charge in [-0.2, -0.15) is 0 Å². The van der Waals surface area contributed by atoms with Crippen LogP contribution >= 0.6 is 0 Å². The molecule has 0 aromatic carbocycles. The molecule has 154 valence electrons. The van der Waals surface area contributed by atoms with Crippen LogP contribution < -0.4 is 0 Å². The lowest BCUT2D eigenvalue weighted by atomic mass is 9.44. The number of aliphatic hydroxyl groups excluding tert-OH is 1. The molecule has 8 atom stereocenters. The lowest BCUT2D eigenvalue weighted by Gasteiger charge is -2.61. The molecule has 5 fully saturated rings. The van der Waals surface area contributed by atoms with E-state index in [0.717, 1.165) is 36.9 Å². The maximum absolute atomic E-state index is 9.69. The topological polar surface area (TPSA) is 38.7 Å². The van der Waals surface area contributed by atoms with Crippen molar-refractivity contribution in [3.05, 3.63) is 0 Å². The second kappa shape index (κ2) is 6.44. The summed E-state index contributed by atoms with van der Waals surface area (Å²) in [7, 11) is 0. The molecule has 4 saturated carbocycles. The Morgan fingerprint density at radius 2 is 1.52 bits per heavy atom. The molecule has 3 heteroatoms. The van der Waals surface area contributed by atoms with Crippen molar-refractivity contribution in [1.82, 2.24) is 0 Å². The summed E-state index contributed by atoms with van der Waals surface area (Å²) < 4.78 is 12.3. The molecular formula is C24H40O3. The fraction of sp³-hybridized carbons (Fsp3) is 1.00. The third-order valence-corrected chi connectivity index (χ3v) is 10.5. The van der Waals surface area contributed by atoms with Gasteiger partial charge >= 0.3 is 0 Å². The molecule has 0 aromatic rings. The van der Waals surface area contributed by atoms with Gasteiger partial charge in [-0.15, -0.1) is 0 Å². The average Bonchev–Trinajstić information content (AvgIpc) is 3.24. The Bertz CT molecular complexity index is 570. The normalized spacial score (nSPS) is 54.2. The minimum absolute atomic E-state index is 0.337. The number of hydrogen-bond acceptors (Lipinski definition) is 3. The molecule has 1 N–H and O–H groups in total. The summed E-state index contributed by atoms with van der Waals surface area (Å²) in [5.41, 5.74) is 0.921. The highest BCUT2D eigenvalue weighted by Crippen LogP contribution is 2.69. The van der Waals surface area contributed by atoms with Crippen LogP contribution in [0.2, 0.25) is 0 Å². The molecule has 6 unspecified atom stereocenters. The van der Waals surface area contributed by atoms with E-state index < -0.39 is 0 Å². The Balaban J connectivity index is 1.39. The fourth-order valence-corrected chi connectivity index (χ4v) is 9.11. The molecule has 5 aliphatic rings. The largest absolute Gasteiger partial charge is 0.396 e. The molecule has 5 rings (SSSR count). The molecule has 1 saturated heterocycles. The van der Waals surface area contributed by atoms with Crippen LogP contribution in [0.5, 0.6) is 0 Å². The van der Waals surface area contributed by atoms with Gasteiger partial charge in [0.25, 0.3) is 0 Å². The van der Waals surface area contributed by atoms with E-state index in [1.54, 1.807) is 0 Å². The van der Waals surface area contributed by atoms with Crippen molar-refractivity contribution in [3.63, 3.8) is 0 Å². The second-order valence-corrected chi connectivity index (χ2v) is 11.4. The zero-order valence-electron chi connectivity index (χ0n) is 17.7. The van der Waals surface area contributed by atoms with E-state index in [9.17, 15) is 5.11 Å². The maximum atomic E-state index is 9.69. The van der Waals surface area contributed by atoms with Crippen molar-refractivity contribution in [2.75, 3.05) is 19.8 Å². The van der Waals surface area contributed by atoms with E-state index in [-0.39, 0.29) is 5.79 Å². The van der Waals surface area contributed by atoms with Crippen molar-refractivity contribution in [1.29, 1.82) is 0 Å². The molecular weight excluding hydrogens is 336 g/mol. The van der Waals surface area contributed by atoms with Crippen molar-refractivity contribution in [3.8, 4) is 0 Å². The minimum Gasteiger partial charge on any atom is -0.396 e. The van der Waals surface area contributed by atoms with E-state index in [1.807, 2.05) is 0 Å². The van der Waals surface area contributed by atoms with E-state index in [2.05, 4.69) is 20.8 Å². The Morgan fingerprint density at radius 3 is 2.26 bits per heavy atom. The summed E-state index contributed by atoms with van der Waals surface area (Å²) in [6.45, 7) is 9.37. The first-order valence-electron chi connectivity index (χ1n) is 11.8. The van der Waals surface area contributed by atoms with Crippen LogP contribution in [0, 0.1) is 46.3 Å². The van der Waals surface area contributed by atoms with Crippen molar-refractivity contribution < 1.29 is 14.6 Å². The predicted octanol–water partition coefficient (Wildman–Crippen LogP) is 5.02. The predicted molar refractivity (Wildman–Crippen MR) is 106 cm³/mol. The van der Waals surface area contributed by atoms with Gasteiger partial charge in [0, 0.05) is 12.5 Å². The summed E-state index contributed by atoms with van der Waals surface area (Å²) in [6, 6.07) is 0. The number of aliphatic hydroxyl groups is 1. The smallest absolute Gasteiger partial charge is 0.169 e. The van der Waals surface area contributed by atoms with Gasteiger partial charge in [-0.1, -0.05) is 13.8 Å². The number of hydrogen-bond donors (Lipinski definition) is 1. The van der Waals surface area contributed by atoms with Crippen LogP contribution in [0.3, 0.4) is 0 Å². The van der Waals surface area contributed by atoms with Gasteiger partial charge in [-0.25, -0.2) is 0 Å². The van der Waals surface area contributed by atoms with Crippen molar-refractivity contribution in [2.24, 2.45) is 46.3 Å². The van der Waals surface area contributed by atoms with Gasteiger partial charge in [0.1, 0.15) is 0 Å². The third kappa shape index (κ3) is 2.63. The van der Waals surface area contributed by atoms with Gasteiger partial charge in [0.05, 0.1) is 13.2 Å². The van der Waals surface area contributed by atoms with Gasteiger partial charge in [-0.05, 0) is 105 Å². The third-order valence-electron chi connectivity index (χ3n) is 10.5. The maximum Gasteiger partial charge on any atom is 0.169 e. The van der Waals surface area contributed by atoms with E-state index in [0.29, 0.717) is 29.3 Å². The van der Waals surface area contributed by atoms with Crippen LogP contribution in [0.25, 0.3) is 0 Å². The van der Waals surface area contributed by atoms with E-state index in [4.69, 9.17) is 9.47 Å². The molecule has 0 aromatic heterocycles. The summed E-state index contributed by atoms with van der Waals surface area (Å²) in [5, 5.41) is 9.69. The van der Waals surface area contributed by atoms with E-state index >= 15 is 0 Å². The zero-order chi connectivity index (χ0) is 18.9. The standard InChI is InChI=1S/C24H40O3/c1-22-10-8-16(15-25)14-17(22)4-5-18-19-6-7-21(24(3)26-12-13-27-24)23(19,2)11-9-20(18)22/h16-21,25H,4-15H2,1-3H3/t16?,17?,18?,19?,20?,21?,22-,23-/m0/s1. The highest BCUT2D eigenvalue weighted by Gasteiger charge is 2.63. The first kappa shape index (κ1) is 18.9. The first-order valence-corrected chi connectivity index (χ1v) is 11.8. The van der Waals surface area contributed by atoms with Crippen LogP contribution in [0.1, 0.15) is 78.6 Å². The number of ether oxygens (including phenoxy) is 2. The lowest BCUT2D eigenvalue weighted by Crippen LogP contribution is -2.55. The first-order chi connectivity index (χ1) is 12.9. The van der Waals surface area contributed by atoms with Crippen LogP contribution in [-0.4, -0.2) is 30.7 Å². The van der Waals surface area contributed by atoms with Gasteiger partial charge in [-0.3, -0.25) is 0 Å². The van der Waals surface area contributed by atoms with Crippen LogP contribution in [-0.2, 0) is 9.47 Å². The molecule has 4 aliphatic carbocycles. The molecule has 1 aliphatic heterocycles. The Kier molecular flexibility index (Phi) is 4.50. The molecule has 27 heavy (non-hydrogen) atoms. The van der Waals surface area contributed by atoms with E-state index in [1.165, 1.54) is 57.8 Å². The van der Waals surface area contributed by atoms with Gasteiger partial charge in [0.15, 0.2) is 5.79 Å². The summed E-state index contributed by atoms with van der Waals surface area (Å²) in [4.78, 5) is 0. The Hall–Kier alpha value is -0.120.